The van der Waals surface area contributed by atoms with Crippen LogP contribution in [0.2, 0.25) is 5.02 Å². The summed E-state index contributed by atoms with van der Waals surface area (Å²) in [6.07, 6.45) is 4.04. The van der Waals surface area contributed by atoms with Crippen molar-refractivity contribution in [2.45, 2.75) is 26.2 Å². The summed E-state index contributed by atoms with van der Waals surface area (Å²) in [5.41, 5.74) is 1.65. The van der Waals surface area contributed by atoms with Crippen molar-refractivity contribution in [1.29, 1.82) is 0 Å². The summed E-state index contributed by atoms with van der Waals surface area (Å²) in [4.78, 5) is 30.9. The van der Waals surface area contributed by atoms with Gasteiger partial charge in [-0.15, -0.1) is 0 Å². The lowest BCUT2D eigenvalue weighted by molar-refractivity contribution is -0.118. The quantitative estimate of drug-likeness (QED) is 0.177. The highest BCUT2D eigenvalue weighted by Gasteiger charge is 2.13. The topological polar surface area (TPSA) is 85.6 Å². The molecule has 0 aliphatic heterocycles. The number of hydrogen-bond donors (Lipinski definition) is 1. The van der Waals surface area contributed by atoms with Gasteiger partial charge in [0.25, 0.3) is 11.5 Å². The van der Waals surface area contributed by atoms with Gasteiger partial charge in [0.2, 0.25) is 0 Å². The number of nitrogens with one attached hydrogen (secondary N) is 1. The lowest BCUT2D eigenvalue weighted by Crippen LogP contribution is -2.23. The molecule has 5 rings (SSSR count). The lowest BCUT2D eigenvalue weighted by atomic mass is 10.0. The molecule has 0 radical (unpaired) electrons. The zero-order chi connectivity index (χ0) is 28.1. The van der Waals surface area contributed by atoms with E-state index < -0.39 is 0 Å². The molecular formula is C31H26BrClN4O3. The number of benzene rings is 4. The lowest BCUT2D eigenvalue weighted by Gasteiger charge is -2.13. The summed E-state index contributed by atoms with van der Waals surface area (Å²) < 4.78 is 8.12. The number of amides is 1. The molecule has 0 fully saturated rings. The second-order valence-electron chi connectivity index (χ2n) is 9.20. The number of rotatable bonds is 9. The van der Waals surface area contributed by atoms with Gasteiger partial charge in [-0.05, 0) is 65.7 Å². The number of carbonyl (C=O) groups excluding carboxylic acids is 1. The van der Waals surface area contributed by atoms with Crippen LogP contribution in [0.5, 0.6) is 5.75 Å². The summed E-state index contributed by atoms with van der Waals surface area (Å²) in [6, 6.07) is 23.8. The van der Waals surface area contributed by atoms with E-state index >= 15 is 0 Å². The first-order chi connectivity index (χ1) is 19.4. The van der Waals surface area contributed by atoms with Crippen LogP contribution in [0.15, 0.2) is 93.2 Å². The van der Waals surface area contributed by atoms with E-state index in [9.17, 15) is 9.59 Å². The molecule has 1 heterocycles. The summed E-state index contributed by atoms with van der Waals surface area (Å²) in [6.45, 7) is 1.88. The van der Waals surface area contributed by atoms with Gasteiger partial charge in [0.1, 0.15) is 11.6 Å². The second kappa shape index (κ2) is 12.4. The SMILES string of the molecule is CCCCc1nc2ccc(Br)cc2c(=O)n1N=Cc1c(OCC(=O)Nc2ccc(Cl)cc2)ccc2ccccc12. The van der Waals surface area contributed by atoms with Gasteiger partial charge in [-0.1, -0.05) is 71.2 Å². The first-order valence-electron chi connectivity index (χ1n) is 12.9. The van der Waals surface area contributed by atoms with Crippen LogP contribution in [0.25, 0.3) is 21.7 Å². The number of ether oxygens (including phenoxy) is 1. The maximum absolute atomic E-state index is 13.5. The molecule has 202 valence electrons. The fourth-order valence-electron chi connectivity index (χ4n) is 4.33. The molecular weight excluding hydrogens is 592 g/mol. The van der Waals surface area contributed by atoms with E-state index in [1.807, 2.05) is 42.5 Å². The van der Waals surface area contributed by atoms with Gasteiger partial charge >= 0.3 is 0 Å². The first-order valence-corrected chi connectivity index (χ1v) is 14.1. The van der Waals surface area contributed by atoms with Crippen LogP contribution in [0, 0.1) is 0 Å². The van der Waals surface area contributed by atoms with Crippen LogP contribution in [0.1, 0.15) is 31.2 Å². The van der Waals surface area contributed by atoms with Gasteiger partial charge in [-0.3, -0.25) is 9.59 Å². The van der Waals surface area contributed by atoms with Crippen LogP contribution in [-0.4, -0.2) is 28.4 Å². The Morgan fingerprint density at radius 2 is 1.88 bits per heavy atom. The number of aryl methyl sites for hydroxylation is 1. The molecule has 9 heteroatoms. The van der Waals surface area contributed by atoms with Crippen molar-refractivity contribution in [3.05, 3.63) is 110 Å². The predicted molar refractivity (Wildman–Crippen MR) is 165 cm³/mol. The van der Waals surface area contributed by atoms with Crippen LogP contribution in [0.4, 0.5) is 5.69 Å². The summed E-state index contributed by atoms with van der Waals surface area (Å²) in [7, 11) is 0. The number of fused-ring (bicyclic) bond motifs is 2. The van der Waals surface area contributed by atoms with Crippen molar-refractivity contribution < 1.29 is 9.53 Å². The van der Waals surface area contributed by atoms with Gasteiger partial charge < -0.3 is 10.1 Å². The Morgan fingerprint density at radius 3 is 2.67 bits per heavy atom. The molecule has 0 aliphatic carbocycles. The molecule has 0 spiro atoms. The smallest absolute Gasteiger partial charge is 0.282 e. The summed E-state index contributed by atoms with van der Waals surface area (Å²) >= 11 is 9.38. The Kier molecular flexibility index (Phi) is 8.57. The minimum Gasteiger partial charge on any atom is -0.483 e. The fourth-order valence-corrected chi connectivity index (χ4v) is 4.82. The highest BCUT2D eigenvalue weighted by molar-refractivity contribution is 9.10. The van der Waals surface area contributed by atoms with Gasteiger partial charge in [-0.2, -0.15) is 9.78 Å². The summed E-state index contributed by atoms with van der Waals surface area (Å²) in [5.74, 6) is 0.733. The molecule has 5 aromatic rings. The Hall–Kier alpha value is -4.01. The van der Waals surface area contributed by atoms with Crippen molar-refractivity contribution in [2.24, 2.45) is 5.10 Å². The van der Waals surface area contributed by atoms with Crippen molar-refractivity contribution in [3.8, 4) is 5.75 Å². The molecule has 0 unspecified atom stereocenters. The van der Waals surface area contributed by atoms with Gasteiger partial charge in [0, 0.05) is 27.2 Å². The Labute approximate surface area is 244 Å². The Bertz CT molecular complexity index is 1780. The third kappa shape index (κ3) is 6.24. The molecule has 0 saturated carbocycles. The van der Waals surface area contributed by atoms with Crippen molar-refractivity contribution in [1.82, 2.24) is 9.66 Å². The van der Waals surface area contributed by atoms with Crippen LogP contribution in [0.3, 0.4) is 0 Å². The van der Waals surface area contributed by atoms with E-state index in [1.165, 1.54) is 4.68 Å². The zero-order valence-corrected chi connectivity index (χ0v) is 24.1. The van der Waals surface area contributed by atoms with E-state index in [2.05, 4.69) is 33.3 Å². The molecule has 40 heavy (non-hydrogen) atoms. The van der Waals surface area contributed by atoms with E-state index in [1.54, 1.807) is 42.6 Å². The Balaban J connectivity index is 1.51. The number of unbranched alkanes of at least 4 members (excludes halogenated alkanes) is 1. The van der Waals surface area contributed by atoms with E-state index in [0.717, 1.165) is 28.1 Å². The van der Waals surface area contributed by atoms with Crippen LogP contribution in [-0.2, 0) is 11.2 Å². The van der Waals surface area contributed by atoms with Crippen molar-refractivity contribution in [2.75, 3.05) is 11.9 Å². The molecule has 7 nitrogen and oxygen atoms in total. The maximum Gasteiger partial charge on any atom is 0.282 e. The van der Waals surface area contributed by atoms with E-state index in [4.69, 9.17) is 21.3 Å². The minimum absolute atomic E-state index is 0.213. The maximum atomic E-state index is 13.5. The molecule has 0 saturated heterocycles. The zero-order valence-electron chi connectivity index (χ0n) is 21.7. The minimum atomic E-state index is -0.319. The molecule has 0 bridgehead atoms. The number of hydrogen-bond acceptors (Lipinski definition) is 5. The third-order valence-electron chi connectivity index (χ3n) is 6.35. The third-order valence-corrected chi connectivity index (χ3v) is 7.09. The van der Waals surface area contributed by atoms with Crippen molar-refractivity contribution >= 4 is 67.0 Å². The van der Waals surface area contributed by atoms with Gasteiger partial charge in [0.15, 0.2) is 6.61 Å². The fraction of sp³-hybridized carbons (Fsp3) is 0.161. The molecule has 1 aromatic heterocycles. The molecule has 4 aromatic carbocycles. The number of aromatic nitrogens is 2. The van der Waals surface area contributed by atoms with Crippen LogP contribution < -0.4 is 15.6 Å². The number of halogens is 2. The molecule has 1 N–H and O–H groups in total. The molecule has 0 aliphatic rings. The average molecular weight is 618 g/mol. The van der Waals surface area contributed by atoms with E-state index in [0.29, 0.717) is 45.2 Å². The van der Waals surface area contributed by atoms with Crippen molar-refractivity contribution in [3.63, 3.8) is 0 Å². The first kappa shape index (κ1) is 27.6. The van der Waals surface area contributed by atoms with Crippen LogP contribution >= 0.6 is 27.5 Å². The van der Waals surface area contributed by atoms with E-state index in [-0.39, 0.29) is 18.1 Å². The monoisotopic (exact) mass is 616 g/mol. The molecule has 0 atom stereocenters. The second-order valence-corrected chi connectivity index (χ2v) is 10.5. The number of anilines is 1. The largest absolute Gasteiger partial charge is 0.483 e. The normalized spacial score (nSPS) is 11.4. The number of carbonyl (C=O) groups is 1. The highest BCUT2D eigenvalue weighted by atomic mass is 79.9. The standard InChI is InChI=1S/C31H26BrClN4O3/c1-2-3-8-29-36-27-15-10-21(32)17-25(27)31(39)37(29)34-18-26-24-7-5-4-6-20(24)9-16-28(26)40-19-30(38)35-23-13-11-22(33)12-14-23/h4-7,9-18H,2-3,8,19H2,1H3,(H,35,38). The predicted octanol–water partition coefficient (Wildman–Crippen LogP) is 7.21. The Morgan fingerprint density at radius 1 is 1.07 bits per heavy atom. The molecule has 1 amide bonds. The van der Waals surface area contributed by atoms with Gasteiger partial charge in [-0.25, -0.2) is 4.98 Å². The summed E-state index contributed by atoms with van der Waals surface area (Å²) in [5, 5.41) is 10.3. The average Bonchev–Trinajstić information content (AvgIpc) is 2.96. The van der Waals surface area contributed by atoms with Gasteiger partial charge in [0.05, 0.1) is 17.1 Å². The highest BCUT2D eigenvalue weighted by Crippen LogP contribution is 2.27. The number of nitrogens with zero attached hydrogens (tertiary/aromatic N) is 3.